The lowest BCUT2D eigenvalue weighted by Gasteiger charge is -2.09. The van der Waals surface area contributed by atoms with Gasteiger partial charge in [0.1, 0.15) is 6.61 Å². The van der Waals surface area contributed by atoms with E-state index in [1.54, 1.807) is 0 Å². The monoisotopic (exact) mass is 230 g/mol. The molecule has 0 amide bonds. The number of aliphatic hydroxyl groups is 1. The van der Waals surface area contributed by atoms with Crippen LogP contribution in [0.4, 0.5) is 0 Å². The summed E-state index contributed by atoms with van der Waals surface area (Å²) in [6, 6.07) is 0. The molecule has 0 saturated heterocycles. The number of hydrogen-bond acceptors (Lipinski definition) is 3. The van der Waals surface area contributed by atoms with E-state index in [-0.39, 0.29) is 14.0 Å². The SMILES string of the molecule is C.C=CC(=O)OCC(O)CCCCCCC. The molecule has 0 rings (SSSR count). The smallest absolute Gasteiger partial charge is 0.330 e. The molecule has 0 bridgehead atoms. The van der Waals surface area contributed by atoms with Crippen molar-refractivity contribution in [3.63, 3.8) is 0 Å². The Balaban J connectivity index is 0. The van der Waals surface area contributed by atoms with Crippen molar-refractivity contribution in [2.24, 2.45) is 0 Å². The van der Waals surface area contributed by atoms with Crippen molar-refractivity contribution in [3.05, 3.63) is 12.7 Å². The molecular weight excluding hydrogens is 204 g/mol. The lowest BCUT2D eigenvalue weighted by molar-refractivity contribution is -0.140. The first-order chi connectivity index (χ1) is 7.20. The predicted octanol–water partition coefficient (Wildman–Crippen LogP) is 3.07. The molecule has 1 atom stereocenters. The molecule has 0 aromatic heterocycles. The van der Waals surface area contributed by atoms with Crippen LogP contribution in [0, 0.1) is 0 Å². The Labute approximate surface area is 99.5 Å². The average Bonchev–Trinajstić information content (AvgIpc) is 2.25. The van der Waals surface area contributed by atoms with Crippen LogP contribution in [0.1, 0.15) is 52.9 Å². The molecule has 0 aromatic carbocycles. The van der Waals surface area contributed by atoms with Gasteiger partial charge in [-0.05, 0) is 6.42 Å². The summed E-state index contributed by atoms with van der Waals surface area (Å²) in [7, 11) is 0. The van der Waals surface area contributed by atoms with Crippen LogP contribution in [-0.2, 0) is 9.53 Å². The van der Waals surface area contributed by atoms with Gasteiger partial charge in [-0.25, -0.2) is 4.79 Å². The molecule has 16 heavy (non-hydrogen) atoms. The van der Waals surface area contributed by atoms with Gasteiger partial charge < -0.3 is 9.84 Å². The number of esters is 1. The molecule has 0 aliphatic carbocycles. The fraction of sp³-hybridized carbons (Fsp3) is 0.769. The van der Waals surface area contributed by atoms with E-state index >= 15 is 0 Å². The van der Waals surface area contributed by atoms with E-state index in [1.165, 1.54) is 19.3 Å². The summed E-state index contributed by atoms with van der Waals surface area (Å²) in [6.45, 7) is 5.53. The minimum absolute atomic E-state index is 0. The summed E-state index contributed by atoms with van der Waals surface area (Å²) in [4.78, 5) is 10.7. The van der Waals surface area contributed by atoms with Crippen LogP contribution in [0.25, 0.3) is 0 Å². The summed E-state index contributed by atoms with van der Waals surface area (Å²) >= 11 is 0. The fourth-order valence-electron chi connectivity index (χ4n) is 1.30. The van der Waals surface area contributed by atoms with Crippen LogP contribution in [0.2, 0.25) is 0 Å². The quantitative estimate of drug-likeness (QED) is 0.376. The summed E-state index contributed by atoms with van der Waals surface area (Å²) in [5.41, 5.74) is 0. The third-order valence-corrected chi connectivity index (χ3v) is 2.23. The Morgan fingerprint density at radius 1 is 1.38 bits per heavy atom. The number of rotatable bonds is 9. The van der Waals surface area contributed by atoms with Gasteiger partial charge in [-0.2, -0.15) is 0 Å². The second-order valence-corrected chi connectivity index (χ2v) is 3.69. The zero-order chi connectivity index (χ0) is 11.5. The minimum atomic E-state index is -0.532. The molecule has 0 spiro atoms. The molecule has 3 nitrogen and oxygen atoms in total. The molecule has 0 aliphatic heterocycles. The summed E-state index contributed by atoms with van der Waals surface area (Å²) in [5, 5.41) is 9.44. The van der Waals surface area contributed by atoms with Crippen LogP contribution in [0.15, 0.2) is 12.7 Å². The number of carbonyl (C=O) groups excluding carboxylic acids is 1. The van der Waals surface area contributed by atoms with Crippen molar-refractivity contribution in [1.82, 2.24) is 0 Å². The third kappa shape index (κ3) is 11.2. The van der Waals surface area contributed by atoms with E-state index in [1.807, 2.05) is 0 Å². The van der Waals surface area contributed by atoms with Gasteiger partial charge in [0.2, 0.25) is 0 Å². The number of carbonyl (C=O) groups is 1. The van der Waals surface area contributed by atoms with E-state index in [4.69, 9.17) is 4.74 Å². The predicted molar refractivity (Wildman–Crippen MR) is 67.3 cm³/mol. The van der Waals surface area contributed by atoms with Gasteiger partial charge >= 0.3 is 5.97 Å². The molecule has 3 heteroatoms. The van der Waals surface area contributed by atoms with Gasteiger partial charge in [-0.1, -0.05) is 53.0 Å². The van der Waals surface area contributed by atoms with Crippen LogP contribution in [-0.4, -0.2) is 23.8 Å². The molecule has 0 aromatic rings. The highest BCUT2D eigenvalue weighted by Gasteiger charge is 2.05. The van der Waals surface area contributed by atoms with E-state index in [0.717, 1.165) is 18.9 Å². The van der Waals surface area contributed by atoms with E-state index in [2.05, 4.69) is 13.5 Å². The van der Waals surface area contributed by atoms with Gasteiger partial charge in [0.05, 0.1) is 6.10 Å². The maximum atomic E-state index is 10.7. The number of ether oxygens (including phenoxy) is 1. The highest BCUT2D eigenvalue weighted by Crippen LogP contribution is 2.07. The van der Waals surface area contributed by atoms with Gasteiger partial charge in [0.15, 0.2) is 0 Å². The van der Waals surface area contributed by atoms with Crippen LogP contribution in [0.3, 0.4) is 0 Å². The van der Waals surface area contributed by atoms with Crippen LogP contribution in [0.5, 0.6) is 0 Å². The Bertz CT molecular complexity index is 178. The van der Waals surface area contributed by atoms with Crippen LogP contribution < -0.4 is 0 Å². The molecule has 1 N–H and O–H groups in total. The van der Waals surface area contributed by atoms with Crippen molar-refractivity contribution in [3.8, 4) is 0 Å². The average molecular weight is 230 g/mol. The highest BCUT2D eigenvalue weighted by atomic mass is 16.5. The lowest BCUT2D eigenvalue weighted by Crippen LogP contribution is -2.17. The first-order valence-electron chi connectivity index (χ1n) is 5.68. The van der Waals surface area contributed by atoms with Gasteiger partial charge in [0, 0.05) is 6.08 Å². The molecule has 0 saturated carbocycles. The first-order valence-corrected chi connectivity index (χ1v) is 5.68. The number of unbranched alkanes of at least 4 members (excludes halogenated alkanes) is 4. The molecule has 1 unspecified atom stereocenters. The van der Waals surface area contributed by atoms with E-state index in [9.17, 15) is 9.90 Å². The summed E-state index contributed by atoms with van der Waals surface area (Å²) in [6.07, 6.45) is 7.10. The van der Waals surface area contributed by atoms with E-state index in [0.29, 0.717) is 6.42 Å². The number of hydrogen-bond donors (Lipinski definition) is 1. The van der Waals surface area contributed by atoms with E-state index < -0.39 is 12.1 Å². The zero-order valence-electron chi connectivity index (χ0n) is 9.58. The number of aliphatic hydroxyl groups excluding tert-OH is 1. The largest absolute Gasteiger partial charge is 0.460 e. The van der Waals surface area contributed by atoms with Crippen molar-refractivity contribution in [2.75, 3.05) is 6.61 Å². The Morgan fingerprint density at radius 3 is 2.56 bits per heavy atom. The highest BCUT2D eigenvalue weighted by molar-refractivity contribution is 5.81. The second-order valence-electron chi connectivity index (χ2n) is 3.69. The normalized spacial score (nSPS) is 11.4. The molecule has 0 radical (unpaired) electrons. The molecule has 0 fully saturated rings. The Kier molecular flexibility index (Phi) is 13.4. The molecule has 0 aliphatic rings. The van der Waals surface area contributed by atoms with Crippen molar-refractivity contribution in [2.45, 2.75) is 59.0 Å². The molecule has 0 heterocycles. The van der Waals surface area contributed by atoms with Crippen molar-refractivity contribution < 1.29 is 14.6 Å². The molecule has 96 valence electrons. The van der Waals surface area contributed by atoms with Gasteiger partial charge in [-0.3, -0.25) is 0 Å². The summed E-state index contributed by atoms with van der Waals surface area (Å²) in [5.74, 6) is -0.472. The first kappa shape index (κ1) is 17.6. The van der Waals surface area contributed by atoms with Gasteiger partial charge in [0.25, 0.3) is 0 Å². The fourth-order valence-corrected chi connectivity index (χ4v) is 1.30. The maximum Gasteiger partial charge on any atom is 0.330 e. The van der Waals surface area contributed by atoms with Crippen LogP contribution >= 0.6 is 0 Å². The lowest BCUT2D eigenvalue weighted by atomic mass is 10.1. The van der Waals surface area contributed by atoms with Gasteiger partial charge in [-0.15, -0.1) is 0 Å². The topological polar surface area (TPSA) is 46.5 Å². The zero-order valence-corrected chi connectivity index (χ0v) is 9.58. The standard InChI is InChI=1S/C12H22O3.CH4/c1-3-5-6-7-8-9-11(13)10-15-12(14)4-2;/h4,11,13H,2-3,5-10H2,1H3;1H4. The molecular formula is C13H26O3. The second kappa shape index (κ2) is 12.2. The van der Waals surface area contributed by atoms with Crippen molar-refractivity contribution >= 4 is 5.97 Å². The summed E-state index contributed by atoms with van der Waals surface area (Å²) < 4.78 is 4.72. The Morgan fingerprint density at radius 2 is 2.00 bits per heavy atom. The van der Waals surface area contributed by atoms with Crippen molar-refractivity contribution in [1.29, 1.82) is 0 Å². The minimum Gasteiger partial charge on any atom is -0.460 e. The Hall–Kier alpha value is -0.830. The third-order valence-electron chi connectivity index (χ3n) is 2.23. The maximum absolute atomic E-state index is 10.7.